The maximum absolute atomic E-state index is 5.29. The molecular formula is C9H9NO2. The molecule has 1 spiro atoms. The van der Waals surface area contributed by atoms with Gasteiger partial charge in [0.1, 0.15) is 6.61 Å². The van der Waals surface area contributed by atoms with E-state index < -0.39 is 0 Å². The van der Waals surface area contributed by atoms with Gasteiger partial charge in [-0.05, 0) is 12.1 Å². The topological polar surface area (TPSA) is 37.1 Å². The Morgan fingerprint density at radius 2 is 2.08 bits per heavy atom. The highest BCUT2D eigenvalue weighted by Gasteiger charge is 2.69. The zero-order chi connectivity index (χ0) is 8.02. The zero-order valence-corrected chi connectivity index (χ0v) is 6.49. The minimum absolute atomic E-state index is 0.0694. The fourth-order valence-electron chi connectivity index (χ4n) is 1.28. The summed E-state index contributed by atoms with van der Waals surface area (Å²) in [4.78, 5) is 0. The Morgan fingerprint density at radius 3 is 2.67 bits per heavy atom. The van der Waals surface area contributed by atoms with E-state index in [0.29, 0.717) is 0 Å². The largest absolute Gasteiger partial charge is 0.356 e. The molecule has 3 nitrogen and oxygen atoms in total. The average molecular weight is 163 g/mol. The van der Waals surface area contributed by atoms with Crippen molar-refractivity contribution in [1.29, 1.82) is 0 Å². The van der Waals surface area contributed by atoms with Crippen LogP contribution in [0.5, 0.6) is 0 Å². The van der Waals surface area contributed by atoms with Gasteiger partial charge in [-0.1, -0.05) is 18.2 Å². The highest BCUT2D eigenvalue weighted by Crippen LogP contribution is 2.48. The lowest BCUT2D eigenvalue weighted by Gasteiger charge is -1.99. The predicted molar refractivity (Wildman–Crippen MR) is 43.6 cm³/mol. The van der Waals surface area contributed by atoms with E-state index in [1.807, 2.05) is 30.3 Å². The van der Waals surface area contributed by atoms with Gasteiger partial charge in [-0.2, -0.15) is 0 Å². The van der Waals surface area contributed by atoms with Crippen LogP contribution < -0.4 is 5.32 Å². The third kappa shape index (κ3) is 0.906. The van der Waals surface area contributed by atoms with Crippen LogP contribution in [0.15, 0.2) is 30.3 Å². The number of epoxide rings is 2. The molecule has 0 bridgehead atoms. The van der Waals surface area contributed by atoms with Gasteiger partial charge < -0.3 is 14.8 Å². The fraction of sp³-hybridized carbons (Fsp3) is 0.333. The van der Waals surface area contributed by atoms with Crippen molar-refractivity contribution < 1.29 is 9.47 Å². The van der Waals surface area contributed by atoms with Gasteiger partial charge in [0.15, 0.2) is 6.23 Å². The summed E-state index contributed by atoms with van der Waals surface area (Å²) < 4.78 is 10.4. The van der Waals surface area contributed by atoms with E-state index >= 15 is 0 Å². The highest BCUT2D eigenvalue weighted by atomic mass is 16.9. The van der Waals surface area contributed by atoms with Crippen LogP contribution in [-0.2, 0) is 9.47 Å². The lowest BCUT2D eigenvalue weighted by atomic mass is 10.3. The third-order valence-electron chi connectivity index (χ3n) is 2.16. The first-order valence-electron chi connectivity index (χ1n) is 4.02. The molecular weight excluding hydrogens is 154 g/mol. The van der Waals surface area contributed by atoms with Crippen LogP contribution in [0.4, 0.5) is 5.69 Å². The quantitative estimate of drug-likeness (QED) is 0.665. The number of anilines is 1. The first-order chi connectivity index (χ1) is 5.89. The normalized spacial score (nSPS) is 36.5. The second-order valence-electron chi connectivity index (χ2n) is 3.11. The first kappa shape index (κ1) is 6.46. The molecule has 2 unspecified atom stereocenters. The van der Waals surface area contributed by atoms with E-state index in [4.69, 9.17) is 9.47 Å². The van der Waals surface area contributed by atoms with Gasteiger partial charge >= 0.3 is 0 Å². The third-order valence-corrected chi connectivity index (χ3v) is 2.16. The van der Waals surface area contributed by atoms with Gasteiger partial charge in [0.2, 0.25) is 5.79 Å². The van der Waals surface area contributed by atoms with Gasteiger partial charge in [0, 0.05) is 5.69 Å². The van der Waals surface area contributed by atoms with Crippen LogP contribution in [0.3, 0.4) is 0 Å². The molecule has 3 heteroatoms. The molecule has 2 heterocycles. The minimum Gasteiger partial charge on any atom is -0.356 e. The number of rotatable bonds is 2. The summed E-state index contributed by atoms with van der Waals surface area (Å²) in [5.41, 5.74) is 1.08. The molecule has 2 atom stereocenters. The average Bonchev–Trinajstić information content (AvgIpc) is 2.98. The van der Waals surface area contributed by atoms with E-state index in [1.54, 1.807) is 0 Å². The van der Waals surface area contributed by atoms with Crippen molar-refractivity contribution in [1.82, 2.24) is 0 Å². The lowest BCUT2D eigenvalue weighted by Crippen LogP contribution is -2.07. The van der Waals surface area contributed by atoms with Crippen LogP contribution in [0.1, 0.15) is 0 Å². The summed E-state index contributed by atoms with van der Waals surface area (Å²) in [5, 5.41) is 3.22. The van der Waals surface area contributed by atoms with Gasteiger partial charge in [0.05, 0.1) is 0 Å². The summed E-state index contributed by atoms with van der Waals surface area (Å²) >= 11 is 0. The van der Waals surface area contributed by atoms with Gasteiger partial charge in [0.25, 0.3) is 0 Å². The van der Waals surface area contributed by atoms with Gasteiger partial charge in [-0.15, -0.1) is 0 Å². The maximum Gasteiger partial charge on any atom is 0.240 e. The van der Waals surface area contributed by atoms with E-state index in [0.717, 1.165) is 12.3 Å². The molecule has 1 aromatic rings. The maximum atomic E-state index is 5.29. The molecule has 2 aliphatic rings. The van der Waals surface area contributed by atoms with Crippen molar-refractivity contribution in [3.63, 3.8) is 0 Å². The molecule has 0 radical (unpaired) electrons. The van der Waals surface area contributed by atoms with E-state index in [2.05, 4.69) is 5.32 Å². The standard InChI is InChI=1S/C9H9NO2/c1-2-4-7(5-3-1)10-8-9(12-8)6-11-9/h1-5,8,10H,6H2. The van der Waals surface area contributed by atoms with Gasteiger partial charge in [-0.25, -0.2) is 0 Å². The molecule has 62 valence electrons. The summed E-state index contributed by atoms with van der Waals surface area (Å²) in [7, 11) is 0. The highest BCUT2D eigenvalue weighted by molar-refractivity contribution is 5.45. The van der Waals surface area contributed by atoms with Crippen molar-refractivity contribution >= 4 is 5.69 Å². The minimum atomic E-state index is -0.240. The number of hydrogen-bond acceptors (Lipinski definition) is 3. The summed E-state index contributed by atoms with van der Waals surface area (Å²) in [6, 6.07) is 9.99. The molecule has 2 aliphatic heterocycles. The van der Waals surface area contributed by atoms with Crippen molar-refractivity contribution in [3.8, 4) is 0 Å². The smallest absolute Gasteiger partial charge is 0.240 e. The second kappa shape index (κ2) is 2.00. The number of benzene rings is 1. The van der Waals surface area contributed by atoms with E-state index in [-0.39, 0.29) is 12.0 Å². The summed E-state index contributed by atoms with van der Waals surface area (Å²) in [6.45, 7) is 0.734. The molecule has 2 saturated heterocycles. The number of nitrogens with one attached hydrogen (secondary N) is 1. The van der Waals surface area contributed by atoms with Crippen molar-refractivity contribution in [2.45, 2.75) is 12.0 Å². The summed E-state index contributed by atoms with van der Waals surface area (Å²) in [5.74, 6) is -0.240. The van der Waals surface area contributed by atoms with E-state index in [9.17, 15) is 0 Å². The Morgan fingerprint density at radius 1 is 1.33 bits per heavy atom. The van der Waals surface area contributed by atoms with Gasteiger partial charge in [-0.3, -0.25) is 0 Å². The van der Waals surface area contributed by atoms with Crippen molar-refractivity contribution in [2.24, 2.45) is 0 Å². The zero-order valence-electron chi connectivity index (χ0n) is 6.49. The molecule has 1 N–H and O–H groups in total. The number of para-hydroxylation sites is 1. The van der Waals surface area contributed by atoms with Crippen LogP contribution in [0.25, 0.3) is 0 Å². The molecule has 0 amide bonds. The molecule has 2 fully saturated rings. The van der Waals surface area contributed by atoms with Crippen molar-refractivity contribution in [2.75, 3.05) is 11.9 Å². The van der Waals surface area contributed by atoms with Crippen LogP contribution in [-0.4, -0.2) is 18.6 Å². The lowest BCUT2D eigenvalue weighted by molar-refractivity contribution is 0.253. The van der Waals surface area contributed by atoms with Crippen LogP contribution in [0.2, 0.25) is 0 Å². The van der Waals surface area contributed by atoms with Crippen LogP contribution >= 0.6 is 0 Å². The molecule has 1 aromatic carbocycles. The Labute approximate surface area is 70.3 Å². The van der Waals surface area contributed by atoms with Crippen LogP contribution in [0, 0.1) is 0 Å². The second-order valence-corrected chi connectivity index (χ2v) is 3.11. The van der Waals surface area contributed by atoms with E-state index in [1.165, 1.54) is 0 Å². The Kier molecular flexibility index (Phi) is 1.07. The Balaban J connectivity index is 1.69. The number of ether oxygens (including phenoxy) is 2. The molecule has 0 aliphatic carbocycles. The predicted octanol–water partition coefficient (Wildman–Crippen LogP) is 1.18. The monoisotopic (exact) mass is 163 g/mol. The van der Waals surface area contributed by atoms with Crippen molar-refractivity contribution in [3.05, 3.63) is 30.3 Å². The Bertz CT molecular complexity index is 295. The fourth-order valence-corrected chi connectivity index (χ4v) is 1.28. The first-order valence-corrected chi connectivity index (χ1v) is 4.02. The Hall–Kier alpha value is -1.06. The number of hydrogen-bond donors (Lipinski definition) is 1. The molecule has 12 heavy (non-hydrogen) atoms. The molecule has 0 saturated carbocycles. The summed E-state index contributed by atoms with van der Waals surface area (Å²) in [6.07, 6.45) is 0.0694. The molecule has 0 aromatic heterocycles. The SMILES string of the molecule is c1ccc(NC2OC23CO3)cc1. The molecule has 3 rings (SSSR count).